The van der Waals surface area contributed by atoms with E-state index < -0.39 is 0 Å². The lowest BCUT2D eigenvalue weighted by atomic mass is 10.1. The summed E-state index contributed by atoms with van der Waals surface area (Å²) < 4.78 is 0. The van der Waals surface area contributed by atoms with Crippen molar-refractivity contribution in [2.24, 2.45) is 0 Å². The number of hydrogen-bond donors (Lipinski definition) is 2. The molecule has 0 radical (unpaired) electrons. The van der Waals surface area contributed by atoms with Crippen LogP contribution in [0.1, 0.15) is 37.8 Å². The van der Waals surface area contributed by atoms with Crippen LogP contribution in [0.2, 0.25) is 0 Å². The first-order valence-corrected chi connectivity index (χ1v) is 9.08. The highest BCUT2D eigenvalue weighted by atomic mass is 16.2. The van der Waals surface area contributed by atoms with Crippen molar-refractivity contribution in [3.63, 3.8) is 0 Å². The molecule has 2 aromatic rings. The van der Waals surface area contributed by atoms with Gasteiger partial charge in [-0.1, -0.05) is 30.3 Å². The minimum Gasteiger partial charge on any atom is -0.372 e. The number of amides is 2. The van der Waals surface area contributed by atoms with Crippen molar-refractivity contribution < 1.29 is 4.79 Å². The Balaban J connectivity index is 1.67. The Bertz CT molecular complexity index is 734. The maximum atomic E-state index is 12.5. The lowest BCUT2D eigenvalue weighted by Gasteiger charge is -2.23. The first kappa shape index (κ1) is 17.3. The van der Waals surface area contributed by atoms with Gasteiger partial charge in [-0.3, -0.25) is 0 Å². The van der Waals surface area contributed by atoms with E-state index in [2.05, 4.69) is 53.6 Å². The smallest absolute Gasteiger partial charge is 0.319 e. The molecule has 1 aliphatic rings. The second-order valence-electron chi connectivity index (χ2n) is 6.70. The molecule has 4 nitrogen and oxygen atoms in total. The third kappa shape index (κ3) is 3.78. The minimum atomic E-state index is -0.194. The Kier molecular flexibility index (Phi) is 4.98. The maximum absolute atomic E-state index is 12.5. The number of nitrogens with zero attached hydrogens (tertiary/aromatic N) is 1. The molecule has 0 atom stereocenters. The van der Waals surface area contributed by atoms with Gasteiger partial charge in [0, 0.05) is 24.5 Å². The van der Waals surface area contributed by atoms with Gasteiger partial charge in [0.05, 0.1) is 5.54 Å². The Hall–Kier alpha value is -2.49. The van der Waals surface area contributed by atoms with Gasteiger partial charge in [0.1, 0.15) is 0 Å². The van der Waals surface area contributed by atoms with Crippen molar-refractivity contribution in [3.8, 4) is 0 Å². The number of carbonyl (C=O) groups excluding carboxylic acids is 1. The molecule has 25 heavy (non-hydrogen) atoms. The molecule has 0 heterocycles. The SMILES string of the molecule is CCN(CC)c1ccc(NC(=O)NC2(c3ccccc3)CC2)c(C)c1. The van der Waals surface area contributed by atoms with Crippen LogP contribution in [0.5, 0.6) is 0 Å². The molecule has 2 N–H and O–H groups in total. The van der Waals surface area contributed by atoms with Crippen molar-refractivity contribution in [3.05, 3.63) is 59.7 Å². The van der Waals surface area contributed by atoms with E-state index in [0.29, 0.717) is 0 Å². The van der Waals surface area contributed by atoms with Gasteiger partial charge in [-0.05, 0) is 62.9 Å². The van der Waals surface area contributed by atoms with Gasteiger partial charge in [-0.2, -0.15) is 0 Å². The zero-order valence-corrected chi connectivity index (χ0v) is 15.3. The van der Waals surface area contributed by atoms with E-state index in [-0.39, 0.29) is 11.6 Å². The molecule has 2 aromatic carbocycles. The van der Waals surface area contributed by atoms with Crippen LogP contribution in [-0.4, -0.2) is 19.1 Å². The summed E-state index contributed by atoms with van der Waals surface area (Å²) in [6.45, 7) is 8.28. The Morgan fingerprint density at radius 1 is 1.08 bits per heavy atom. The average molecular weight is 337 g/mol. The molecule has 1 saturated carbocycles. The topological polar surface area (TPSA) is 44.4 Å². The number of urea groups is 1. The van der Waals surface area contributed by atoms with Crippen molar-refractivity contribution in [2.75, 3.05) is 23.3 Å². The summed E-state index contributed by atoms with van der Waals surface area (Å²) in [5.41, 5.74) is 4.11. The van der Waals surface area contributed by atoms with Gasteiger partial charge < -0.3 is 15.5 Å². The van der Waals surface area contributed by atoms with Crippen molar-refractivity contribution >= 4 is 17.4 Å². The number of anilines is 2. The van der Waals surface area contributed by atoms with Crippen LogP contribution in [-0.2, 0) is 5.54 Å². The Labute approximate surface area is 150 Å². The largest absolute Gasteiger partial charge is 0.372 e. The van der Waals surface area contributed by atoms with Crippen LogP contribution in [0.4, 0.5) is 16.2 Å². The van der Waals surface area contributed by atoms with Gasteiger partial charge in [0.15, 0.2) is 0 Å². The van der Waals surface area contributed by atoms with E-state index in [1.165, 1.54) is 11.3 Å². The van der Waals surface area contributed by atoms with E-state index in [4.69, 9.17) is 0 Å². The molecule has 3 rings (SSSR count). The molecule has 4 heteroatoms. The highest BCUT2D eigenvalue weighted by Crippen LogP contribution is 2.45. The summed E-state index contributed by atoms with van der Waals surface area (Å²) in [4.78, 5) is 14.8. The third-order valence-corrected chi connectivity index (χ3v) is 5.02. The first-order chi connectivity index (χ1) is 12.1. The molecule has 0 spiro atoms. The van der Waals surface area contributed by atoms with Crippen molar-refractivity contribution in [2.45, 2.75) is 39.2 Å². The van der Waals surface area contributed by atoms with Crippen LogP contribution in [0.3, 0.4) is 0 Å². The number of carbonyl (C=O) groups is 1. The second-order valence-corrected chi connectivity index (χ2v) is 6.70. The molecule has 0 aliphatic heterocycles. The Morgan fingerprint density at radius 3 is 2.32 bits per heavy atom. The fourth-order valence-electron chi connectivity index (χ4n) is 3.31. The monoisotopic (exact) mass is 337 g/mol. The van der Waals surface area contributed by atoms with Gasteiger partial charge in [-0.25, -0.2) is 4.79 Å². The standard InChI is InChI=1S/C21H27N3O/c1-4-24(5-2)18-11-12-19(16(3)15-18)22-20(25)23-21(13-14-21)17-9-7-6-8-10-17/h6-12,15H,4-5,13-14H2,1-3H3,(H2,22,23,25). The number of hydrogen-bond acceptors (Lipinski definition) is 2. The van der Waals surface area contributed by atoms with E-state index in [0.717, 1.165) is 37.2 Å². The lowest BCUT2D eigenvalue weighted by Crippen LogP contribution is -2.38. The van der Waals surface area contributed by atoms with Crippen LogP contribution < -0.4 is 15.5 Å². The molecule has 1 aliphatic carbocycles. The maximum Gasteiger partial charge on any atom is 0.319 e. The Morgan fingerprint density at radius 2 is 1.76 bits per heavy atom. The molecule has 2 amide bonds. The highest BCUT2D eigenvalue weighted by molar-refractivity contribution is 5.91. The van der Waals surface area contributed by atoms with Crippen LogP contribution in [0.15, 0.2) is 48.5 Å². The van der Waals surface area contributed by atoms with E-state index in [1.807, 2.05) is 31.2 Å². The highest BCUT2D eigenvalue weighted by Gasteiger charge is 2.45. The predicted octanol–water partition coefficient (Wildman–Crippen LogP) is 4.65. The number of aryl methyl sites for hydroxylation is 1. The summed E-state index contributed by atoms with van der Waals surface area (Å²) >= 11 is 0. The normalized spacial score (nSPS) is 14.7. The van der Waals surface area contributed by atoms with Gasteiger partial charge >= 0.3 is 6.03 Å². The average Bonchev–Trinajstić information content (AvgIpc) is 3.40. The first-order valence-electron chi connectivity index (χ1n) is 9.08. The summed E-state index contributed by atoms with van der Waals surface area (Å²) in [6.07, 6.45) is 1.98. The fourth-order valence-corrected chi connectivity index (χ4v) is 3.31. The molecule has 0 aromatic heterocycles. The quantitative estimate of drug-likeness (QED) is 0.806. The van der Waals surface area contributed by atoms with Crippen molar-refractivity contribution in [1.29, 1.82) is 0 Å². The summed E-state index contributed by atoms with van der Waals surface area (Å²) in [5.74, 6) is 0. The molecular weight excluding hydrogens is 310 g/mol. The molecule has 0 unspecified atom stereocenters. The summed E-state index contributed by atoms with van der Waals surface area (Å²) in [6, 6.07) is 16.3. The van der Waals surface area contributed by atoms with Crippen LogP contribution in [0.25, 0.3) is 0 Å². The van der Waals surface area contributed by atoms with E-state index >= 15 is 0 Å². The fraction of sp³-hybridized carbons (Fsp3) is 0.381. The van der Waals surface area contributed by atoms with Crippen LogP contribution in [0, 0.1) is 6.92 Å². The predicted molar refractivity (Wildman–Crippen MR) is 104 cm³/mol. The summed E-state index contributed by atoms with van der Waals surface area (Å²) in [7, 11) is 0. The molecule has 1 fully saturated rings. The molecule has 0 saturated heterocycles. The van der Waals surface area contributed by atoms with Crippen molar-refractivity contribution in [1.82, 2.24) is 5.32 Å². The summed E-state index contributed by atoms with van der Waals surface area (Å²) in [5, 5.41) is 6.17. The molecule has 0 bridgehead atoms. The van der Waals surface area contributed by atoms with Gasteiger partial charge in [-0.15, -0.1) is 0 Å². The zero-order valence-electron chi connectivity index (χ0n) is 15.3. The minimum absolute atomic E-state index is 0.139. The lowest BCUT2D eigenvalue weighted by molar-refractivity contribution is 0.247. The van der Waals surface area contributed by atoms with Crippen LogP contribution >= 0.6 is 0 Å². The van der Waals surface area contributed by atoms with Gasteiger partial charge in [0.2, 0.25) is 0 Å². The number of benzene rings is 2. The zero-order chi connectivity index (χ0) is 17.9. The third-order valence-electron chi connectivity index (χ3n) is 5.02. The van der Waals surface area contributed by atoms with Gasteiger partial charge in [0.25, 0.3) is 0 Å². The van der Waals surface area contributed by atoms with E-state index in [1.54, 1.807) is 0 Å². The second kappa shape index (κ2) is 7.18. The molecular formula is C21H27N3O. The number of rotatable bonds is 6. The van der Waals surface area contributed by atoms with E-state index in [9.17, 15) is 4.79 Å². The number of nitrogens with one attached hydrogen (secondary N) is 2. The molecule has 132 valence electrons.